The molecule has 3 rings (SSSR count). The number of rotatable bonds is 4. The standard InChI is InChI=1S/C18H21N5O4/c24-16(21-27)15-11-19-17(20-12-15)22-7-4-9-23(10-8-22,18(25)26)13-14-5-2-1-3-6-14/h1-3,5-6,11-12H,4,7-10,13H2,(H2-,21,24,25,26,27)/p+1. The lowest BCUT2D eigenvalue weighted by molar-refractivity contribution is -0.868. The van der Waals surface area contributed by atoms with Crippen LogP contribution in [0.25, 0.3) is 0 Å². The number of hydrogen-bond acceptors (Lipinski definition) is 6. The minimum absolute atomic E-state index is 0.0362. The molecule has 1 saturated heterocycles. The third kappa shape index (κ3) is 4.21. The fourth-order valence-corrected chi connectivity index (χ4v) is 3.32. The second-order valence-electron chi connectivity index (χ2n) is 6.57. The first-order valence-corrected chi connectivity index (χ1v) is 8.69. The van der Waals surface area contributed by atoms with Crippen molar-refractivity contribution in [3.63, 3.8) is 0 Å². The highest BCUT2D eigenvalue weighted by Gasteiger charge is 2.39. The van der Waals surface area contributed by atoms with E-state index in [1.54, 1.807) is 0 Å². The predicted octanol–water partition coefficient (Wildman–Crippen LogP) is 1.50. The fraction of sp³-hybridized carbons (Fsp3) is 0.333. The molecule has 0 bridgehead atoms. The van der Waals surface area contributed by atoms with Crippen molar-refractivity contribution in [3.8, 4) is 0 Å². The first kappa shape index (κ1) is 18.7. The number of carbonyl (C=O) groups excluding carboxylic acids is 1. The summed E-state index contributed by atoms with van der Waals surface area (Å²) in [6.07, 6.45) is 2.52. The van der Waals surface area contributed by atoms with Crippen LogP contribution in [0.4, 0.5) is 10.7 Å². The number of hydroxylamine groups is 1. The number of quaternary nitrogens is 1. The molecule has 1 unspecified atom stereocenters. The van der Waals surface area contributed by atoms with Crippen LogP contribution in [-0.4, -0.2) is 62.9 Å². The zero-order valence-corrected chi connectivity index (χ0v) is 14.8. The molecule has 1 aromatic heterocycles. The minimum Gasteiger partial charge on any atom is -0.435 e. The Balaban J connectivity index is 1.75. The van der Waals surface area contributed by atoms with Crippen LogP contribution in [0.3, 0.4) is 0 Å². The fourth-order valence-electron chi connectivity index (χ4n) is 3.32. The van der Waals surface area contributed by atoms with Crippen molar-refractivity contribution in [3.05, 3.63) is 53.9 Å². The zero-order chi connectivity index (χ0) is 19.3. The summed E-state index contributed by atoms with van der Waals surface area (Å²) in [7, 11) is 0. The number of anilines is 1. The molecular weight excluding hydrogens is 350 g/mol. The Bertz CT molecular complexity index is 799. The van der Waals surface area contributed by atoms with Gasteiger partial charge in [-0.3, -0.25) is 10.0 Å². The summed E-state index contributed by atoms with van der Waals surface area (Å²) in [4.78, 5) is 33.7. The third-order valence-corrected chi connectivity index (χ3v) is 4.83. The first-order valence-electron chi connectivity index (χ1n) is 8.69. The van der Waals surface area contributed by atoms with Crippen LogP contribution < -0.4 is 10.4 Å². The zero-order valence-electron chi connectivity index (χ0n) is 14.8. The summed E-state index contributed by atoms with van der Waals surface area (Å²) in [5.41, 5.74) is 2.68. The maximum atomic E-state index is 12.1. The van der Waals surface area contributed by atoms with E-state index >= 15 is 0 Å². The monoisotopic (exact) mass is 372 g/mol. The summed E-state index contributed by atoms with van der Waals surface area (Å²) >= 11 is 0. The van der Waals surface area contributed by atoms with E-state index in [4.69, 9.17) is 5.21 Å². The summed E-state index contributed by atoms with van der Waals surface area (Å²) in [5, 5.41) is 18.6. The molecule has 1 aromatic carbocycles. The van der Waals surface area contributed by atoms with Crippen molar-refractivity contribution in [1.82, 2.24) is 15.4 Å². The van der Waals surface area contributed by atoms with E-state index in [2.05, 4.69) is 9.97 Å². The SMILES string of the molecule is O=C(NO)c1cnc(N2CCC[N+](Cc3ccccc3)(C(=O)O)CC2)nc1. The van der Waals surface area contributed by atoms with Crippen molar-refractivity contribution in [2.24, 2.45) is 0 Å². The second kappa shape index (κ2) is 8.11. The minimum atomic E-state index is -0.836. The molecule has 1 aliphatic heterocycles. The Labute approximate surface area is 156 Å². The van der Waals surface area contributed by atoms with Gasteiger partial charge in [0.2, 0.25) is 5.95 Å². The molecule has 9 heteroatoms. The smallest absolute Gasteiger partial charge is 0.435 e. The van der Waals surface area contributed by atoms with Crippen LogP contribution in [0.5, 0.6) is 0 Å². The number of nitrogens with one attached hydrogen (secondary N) is 1. The highest BCUT2D eigenvalue weighted by Crippen LogP contribution is 2.21. The van der Waals surface area contributed by atoms with Gasteiger partial charge in [-0.1, -0.05) is 30.3 Å². The molecule has 142 valence electrons. The lowest BCUT2D eigenvalue weighted by atomic mass is 10.2. The van der Waals surface area contributed by atoms with Crippen LogP contribution in [-0.2, 0) is 6.54 Å². The van der Waals surface area contributed by atoms with Crippen LogP contribution in [0.1, 0.15) is 22.3 Å². The maximum Gasteiger partial charge on any atom is 0.513 e. The van der Waals surface area contributed by atoms with Gasteiger partial charge in [0.05, 0.1) is 18.7 Å². The molecule has 1 aliphatic rings. The molecule has 2 amide bonds. The maximum absolute atomic E-state index is 12.1. The van der Waals surface area contributed by atoms with E-state index < -0.39 is 12.0 Å². The van der Waals surface area contributed by atoms with Crippen LogP contribution in [0, 0.1) is 0 Å². The van der Waals surface area contributed by atoms with Crippen molar-refractivity contribution >= 4 is 17.9 Å². The van der Waals surface area contributed by atoms with Gasteiger partial charge in [0.15, 0.2) is 0 Å². The topological polar surface area (TPSA) is 116 Å². The van der Waals surface area contributed by atoms with Gasteiger partial charge in [0.25, 0.3) is 5.91 Å². The molecule has 27 heavy (non-hydrogen) atoms. The average Bonchev–Trinajstić information content (AvgIpc) is 2.92. The summed E-state index contributed by atoms with van der Waals surface area (Å²) < 4.78 is -0.0362. The number of amides is 2. The predicted molar refractivity (Wildman–Crippen MR) is 96.3 cm³/mol. The van der Waals surface area contributed by atoms with E-state index in [0.29, 0.717) is 45.1 Å². The van der Waals surface area contributed by atoms with Crippen molar-refractivity contribution in [2.75, 3.05) is 31.1 Å². The summed E-state index contributed by atoms with van der Waals surface area (Å²) in [5.74, 6) is -0.239. The number of nitrogens with zero attached hydrogens (tertiary/aromatic N) is 4. The normalized spacial score (nSPS) is 20.0. The largest absolute Gasteiger partial charge is 0.513 e. The third-order valence-electron chi connectivity index (χ3n) is 4.83. The van der Waals surface area contributed by atoms with Gasteiger partial charge in [-0.2, -0.15) is 4.79 Å². The molecule has 3 N–H and O–H groups in total. The van der Waals surface area contributed by atoms with Gasteiger partial charge in [-0.05, 0) is 0 Å². The molecule has 2 heterocycles. The van der Waals surface area contributed by atoms with Crippen LogP contribution in [0.15, 0.2) is 42.7 Å². The van der Waals surface area contributed by atoms with Gasteiger partial charge < -0.3 is 10.0 Å². The highest BCUT2D eigenvalue weighted by molar-refractivity contribution is 5.92. The lowest BCUT2D eigenvalue weighted by Crippen LogP contribution is -2.53. The average molecular weight is 372 g/mol. The Morgan fingerprint density at radius 1 is 1.11 bits per heavy atom. The molecule has 0 aliphatic carbocycles. The number of carbonyl (C=O) groups is 2. The van der Waals surface area contributed by atoms with E-state index in [-0.39, 0.29) is 10.0 Å². The van der Waals surface area contributed by atoms with Crippen LogP contribution in [0.2, 0.25) is 0 Å². The Hall–Kier alpha value is -3.04. The van der Waals surface area contributed by atoms with Crippen molar-refractivity contribution in [2.45, 2.75) is 13.0 Å². The number of hydrogen-bond donors (Lipinski definition) is 3. The molecule has 0 spiro atoms. The quantitative estimate of drug-likeness (QED) is 0.423. The van der Waals surface area contributed by atoms with Gasteiger partial charge in [0.1, 0.15) is 13.1 Å². The molecule has 1 atom stereocenters. The number of benzene rings is 1. The Morgan fingerprint density at radius 2 is 1.81 bits per heavy atom. The number of aromatic nitrogens is 2. The molecule has 2 aromatic rings. The molecule has 1 fully saturated rings. The molecule has 9 nitrogen and oxygen atoms in total. The van der Waals surface area contributed by atoms with E-state index in [1.807, 2.05) is 35.2 Å². The van der Waals surface area contributed by atoms with Gasteiger partial charge in [-0.15, -0.1) is 0 Å². The van der Waals surface area contributed by atoms with Gasteiger partial charge >= 0.3 is 6.09 Å². The summed E-state index contributed by atoms with van der Waals surface area (Å²) in [6, 6.07) is 9.63. The highest BCUT2D eigenvalue weighted by atomic mass is 16.5. The van der Waals surface area contributed by atoms with Gasteiger partial charge in [-0.25, -0.2) is 19.9 Å². The first-order chi connectivity index (χ1) is 13.0. The Kier molecular flexibility index (Phi) is 5.63. The molecule has 0 saturated carbocycles. The van der Waals surface area contributed by atoms with E-state index in [9.17, 15) is 14.7 Å². The van der Waals surface area contributed by atoms with E-state index in [0.717, 1.165) is 5.56 Å². The van der Waals surface area contributed by atoms with Crippen molar-refractivity contribution in [1.29, 1.82) is 0 Å². The van der Waals surface area contributed by atoms with Crippen LogP contribution >= 0.6 is 0 Å². The molecular formula is C18H22N5O4+. The molecule has 0 radical (unpaired) electrons. The second-order valence-corrected chi connectivity index (χ2v) is 6.57. The van der Waals surface area contributed by atoms with Gasteiger partial charge in [0, 0.05) is 30.9 Å². The van der Waals surface area contributed by atoms with Crippen molar-refractivity contribution < 1.29 is 24.4 Å². The van der Waals surface area contributed by atoms with E-state index in [1.165, 1.54) is 17.9 Å². The lowest BCUT2D eigenvalue weighted by Gasteiger charge is -2.31. The summed E-state index contributed by atoms with van der Waals surface area (Å²) in [6.45, 7) is 2.50. The number of carboxylic acid groups (broad SMARTS) is 1. The Morgan fingerprint density at radius 3 is 2.44 bits per heavy atom.